The number of benzene rings is 1. The Labute approximate surface area is 162 Å². The number of carbonyl (C=O) groups excluding carboxylic acids is 1. The van der Waals surface area contributed by atoms with Gasteiger partial charge in [0.1, 0.15) is 5.52 Å². The number of nitrogens with zero attached hydrogens (tertiary/aromatic N) is 6. The predicted octanol–water partition coefficient (Wildman–Crippen LogP) is 2.64. The van der Waals surface area contributed by atoms with Crippen molar-refractivity contribution in [3.63, 3.8) is 0 Å². The lowest BCUT2D eigenvalue weighted by Crippen LogP contribution is -2.38. The summed E-state index contributed by atoms with van der Waals surface area (Å²) >= 11 is 0. The smallest absolute Gasteiger partial charge is 0.255 e. The lowest BCUT2D eigenvalue weighted by atomic mass is 10.2. The monoisotopic (exact) mass is 372 g/mol. The second kappa shape index (κ2) is 6.60. The van der Waals surface area contributed by atoms with Gasteiger partial charge in [-0.25, -0.2) is 9.97 Å². The highest BCUT2D eigenvalue weighted by atomic mass is 16.2. The Kier molecular flexibility index (Phi) is 3.93. The summed E-state index contributed by atoms with van der Waals surface area (Å²) < 4.78 is 3.98. The van der Waals surface area contributed by atoms with E-state index in [1.165, 1.54) is 5.56 Å². The lowest BCUT2D eigenvalue weighted by molar-refractivity contribution is 0.0706. The van der Waals surface area contributed by atoms with Crippen molar-refractivity contribution in [1.29, 1.82) is 0 Å². The highest BCUT2D eigenvalue weighted by molar-refractivity contribution is 5.96. The van der Waals surface area contributed by atoms with Gasteiger partial charge in [-0.1, -0.05) is 30.3 Å². The molecular weight excluding hydrogens is 352 g/mol. The Morgan fingerprint density at radius 3 is 2.82 bits per heavy atom. The van der Waals surface area contributed by atoms with Gasteiger partial charge >= 0.3 is 0 Å². The average Bonchev–Trinajstić information content (AvgIpc) is 3.29. The van der Waals surface area contributed by atoms with Crippen LogP contribution < -0.4 is 0 Å². The van der Waals surface area contributed by atoms with Crippen LogP contribution in [0, 0.1) is 6.92 Å². The van der Waals surface area contributed by atoms with Crippen LogP contribution in [-0.4, -0.2) is 41.7 Å². The molecule has 4 heterocycles. The molecular formula is C21H20N6O. The highest BCUT2D eigenvalue weighted by Crippen LogP contribution is 2.19. The Bertz CT molecular complexity index is 1160. The van der Waals surface area contributed by atoms with Crippen molar-refractivity contribution in [3.8, 4) is 0 Å². The van der Waals surface area contributed by atoms with Gasteiger partial charge in [-0.15, -0.1) is 0 Å². The predicted molar refractivity (Wildman–Crippen MR) is 105 cm³/mol. The number of aryl methyl sites for hydroxylation is 1. The molecule has 28 heavy (non-hydrogen) atoms. The van der Waals surface area contributed by atoms with Crippen LogP contribution in [0.15, 0.2) is 55.0 Å². The molecule has 0 fully saturated rings. The van der Waals surface area contributed by atoms with E-state index in [0.717, 1.165) is 29.1 Å². The fourth-order valence-electron chi connectivity index (χ4n) is 3.73. The molecule has 0 atom stereocenters. The maximum Gasteiger partial charge on any atom is 0.255 e. The normalized spacial score (nSPS) is 13.7. The molecule has 1 aromatic carbocycles. The Balaban J connectivity index is 1.39. The van der Waals surface area contributed by atoms with Crippen molar-refractivity contribution in [2.75, 3.05) is 6.54 Å². The van der Waals surface area contributed by atoms with Crippen LogP contribution >= 0.6 is 0 Å². The largest absolute Gasteiger partial charge is 0.331 e. The van der Waals surface area contributed by atoms with E-state index < -0.39 is 0 Å². The van der Waals surface area contributed by atoms with Gasteiger partial charge in [0.25, 0.3) is 5.91 Å². The van der Waals surface area contributed by atoms with E-state index in [4.69, 9.17) is 0 Å². The van der Waals surface area contributed by atoms with Gasteiger partial charge in [0.2, 0.25) is 0 Å². The van der Waals surface area contributed by atoms with Crippen LogP contribution in [0.1, 0.15) is 27.3 Å². The number of fused-ring (bicyclic) bond motifs is 2. The number of hydrogen-bond acceptors (Lipinski definition) is 4. The zero-order chi connectivity index (χ0) is 19.1. The number of hydrogen-bond donors (Lipinski definition) is 0. The topological polar surface area (TPSA) is 68.8 Å². The van der Waals surface area contributed by atoms with Gasteiger partial charge in [0, 0.05) is 12.7 Å². The zero-order valence-corrected chi connectivity index (χ0v) is 15.6. The summed E-state index contributed by atoms with van der Waals surface area (Å²) in [5.41, 5.74) is 5.33. The number of amides is 1. The standard InChI is InChI=1S/C21H20N6O/c1-15-9-18-13-25(7-8-27(18)24-15)21(28)17-10-19-20(22-11-17)26(14-23-19)12-16-5-3-2-4-6-16/h2-6,9-11,14H,7-8,12-13H2,1H3. The minimum absolute atomic E-state index is 0.0166. The first-order chi connectivity index (χ1) is 13.7. The quantitative estimate of drug-likeness (QED) is 0.554. The summed E-state index contributed by atoms with van der Waals surface area (Å²) in [5, 5.41) is 4.45. The van der Waals surface area contributed by atoms with Crippen molar-refractivity contribution in [2.45, 2.75) is 26.6 Å². The van der Waals surface area contributed by atoms with Crippen molar-refractivity contribution in [2.24, 2.45) is 0 Å². The number of pyridine rings is 1. The van der Waals surface area contributed by atoms with E-state index in [0.29, 0.717) is 25.2 Å². The van der Waals surface area contributed by atoms with Gasteiger partial charge in [0.05, 0.1) is 42.9 Å². The molecule has 7 heteroatoms. The third kappa shape index (κ3) is 2.94. The van der Waals surface area contributed by atoms with Crippen LogP contribution in [0.3, 0.4) is 0 Å². The first kappa shape index (κ1) is 16.7. The van der Waals surface area contributed by atoms with Crippen LogP contribution in [0.25, 0.3) is 11.2 Å². The molecule has 0 bridgehead atoms. The molecule has 0 saturated carbocycles. The average molecular weight is 372 g/mol. The molecule has 1 amide bonds. The summed E-state index contributed by atoms with van der Waals surface area (Å²) in [6, 6.07) is 14.1. The van der Waals surface area contributed by atoms with Crippen molar-refractivity contribution < 1.29 is 4.79 Å². The van der Waals surface area contributed by atoms with E-state index in [1.54, 1.807) is 12.5 Å². The molecule has 0 spiro atoms. The molecule has 3 aromatic heterocycles. The molecule has 0 saturated heterocycles. The molecule has 7 nitrogen and oxygen atoms in total. The maximum absolute atomic E-state index is 13.0. The zero-order valence-electron chi connectivity index (χ0n) is 15.6. The maximum atomic E-state index is 13.0. The molecule has 140 valence electrons. The summed E-state index contributed by atoms with van der Waals surface area (Å²) in [6.45, 7) is 4.61. The van der Waals surface area contributed by atoms with E-state index in [1.807, 2.05) is 51.4 Å². The Hall–Kier alpha value is -3.48. The van der Waals surface area contributed by atoms with Crippen molar-refractivity contribution in [3.05, 3.63) is 77.5 Å². The second-order valence-electron chi connectivity index (χ2n) is 7.15. The third-order valence-electron chi connectivity index (χ3n) is 5.11. The van der Waals surface area contributed by atoms with Gasteiger partial charge in [-0.05, 0) is 24.6 Å². The van der Waals surface area contributed by atoms with E-state index >= 15 is 0 Å². The Morgan fingerprint density at radius 1 is 1.11 bits per heavy atom. The van der Waals surface area contributed by atoms with Gasteiger partial charge < -0.3 is 9.47 Å². The fourth-order valence-corrected chi connectivity index (χ4v) is 3.73. The van der Waals surface area contributed by atoms with Gasteiger partial charge in [-0.3, -0.25) is 9.48 Å². The molecule has 1 aliphatic heterocycles. The molecule has 1 aliphatic rings. The first-order valence-corrected chi connectivity index (χ1v) is 9.35. The number of rotatable bonds is 3. The Morgan fingerprint density at radius 2 is 1.96 bits per heavy atom. The molecule has 0 radical (unpaired) electrons. The second-order valence-corrected chi connectivity index (χ2v) is 7.15. The first-order valence-electron chi connectivity index (χ1n) is 9.35. The van der Waals surface area contributed by atoms with E-state index in [-0.39, 0.29) is 5.91 Å². The number of aromatic nitrogens is 5. The summed E-state index contributed by atoms with van der Waals surface area (Å²) in [6.07, 6.45) is 3.44. The van der Waals surface area contributed by atoms with Crippen molar-refractivity contribution in [1.82, 2.24) is 29.2 Å². The molecule has 0 N–H and O–H groups in total. The van der Waals surface area contributed by atoms with Crippen molar-refractivity contribution >= 4 is 17.1 Å². The van der Waals surface area contributed by atoms with Gasteiger partial charge in [-0.2, -0.15) is 5.10 Å². The summed E-state index contributed by atoms with van der Waals surface area (Å²) in [7, 11) is 0. The highest BCUT2D eigenvalue weighted by Gasteiger charge is 2.23. The fraction of sp³-hybridized carbons (Fsp3) is 0.238. The van der Waals surface area contributed by atoms with E-state index in [2.05, 4.69) is 27.2 Å². The van der Waals surface area contributed by atoms with Crippen LogP contribution in [-0.2, 0) is 19.6 Å². The van der Waals surface area contributed by atoms with Gasteiger partial charge in [0.15, 0.2) is 5.65 Å². The molecule has 4 aromatic rings. The minimum Gasteiger partial charge on any atom is -0.331 e. The van der Waals surface area contributed by atoms with Crippen LogP contribution in [0.5, 0.6) is 0 Å². The summed E-state index contributed by atoms with van der Waals surface area (Å²) in [5.74, 6) is -0.0166. The molecule has 0 aliphatic carbocycles. The number of carbonyl (C=O) groups is 1. The minimum atomic E-state index is -0.0166. The number of imidazole rings is 1. The van der Waals surface area contributed by atoms with Crippen LogP contribution in [0.2, 0.25) is 0 Å². The summed E-state index contributed by atoms with van der Waals surface area (Å²) in [4.78, 5) is 23.8. The third-order valence-corrected chi connectivity index (χ3v) is 5.11. The SMILES string of the molecule is Cc1cc2n(n1)CCN(C(=O)c1cnc3c(c1)ncn3Cc1ccccc1)C2. The molecule has 5 rings (SSSR count). The van der Waals surface area contributed by atoms with Crippen LogP contribution in [0.4, 0.5) is 0 Å². The van der Waals surface area contributed by atoms with E-state index in [9.17, 15) is 4.79 Å². The lowest BCUT2D eigenvalue weighted by Gasteiger charge is -2.27. The molecule has 0 unspecified atom stereocenters.